The minimum atomic E-state index is -0.295. The van der Waals surface area contributed by atoms with Crippen LogP contribution in [0.25, 0.3) is 0 Å². The van der Waals surface area contributed by atoms with E-state index >= 15 is 0 Å². The van der Waals surface area contributed by atoms with E-state index in [0.717, 1.165) is 11.3 Å². The van der Waals surface area contributed by atoms with Crippen LogP contribution < -0.4 is 0 Å². The van der Waals surface area contributed by atoms with Crippen molar-refractivity contribution < 1.29 is 14.3 Å². The second-order valence-corrected chi connectivity index (χ2v) is 2.90. The number of aromatic nitrogens is 1. The molecule has 4 nitrogen and oxygen atoms in total. The molecule has 1 aromatic heterocycles. The molecule has 2 rings (SSSR count). The zero-order valence-electron chi connectivity index (χ0n) is 7.42. The largest absolute Gasteiger partial charge is 0.461 e. The number of hydrogen-bond donors (Lipinski definition) is 1. The zero-order valence-corrected chi connectivity index (χ0v) is 7.42. The van der Waals surface area contributed by atoms with Crippen molar-refractivity contribution in [3.8, 4) is 0 Å². The van der Waals surface area contributed by atoms with Crippen LogP contribution in [0.3, 0.4) is 0 Å². The van der Waals surface area contributed by atoms with Crippen LogP contribution in [0.2, 0.25) is 0 Å². The van der Waals surface area contributed by atoms with Crippen LogP contribution in [-0.4, -0.2) is 17.6 Å². The predicted octanol–water partition coefficient (Wildman–Crippen LogP) is 1.22. The molecule has 0 radical (unpaired) electrons. The van der Waals surface area contributed by atoms with Crippen LogP contribution in [0.15, 0.2) is 6.07 Å². The lowest BCUT2D eigenvalue weighted by Gasteiger charge is -1.98. The third-order valence-electron chi connectivity index (χ3n) is 1.99. The van der Waals surface area contributed by atoms with Gasteiger partial charge in [-0.15, -0.1) is 0 Å². The molecule has 1 aliphatic rings. The van der Waals surface area contributed by atoms with E-state index in [1.807, 2.05) is 0 Å². The topological polar surface area (TPSA) is 51.3 Å². The third-order valence-corrected chi connectivity index (χ3v) is 1.99. The molecule has 0 aliphatic carbocycles. The first-order valence-electron chi connectivity index (χ1n) is 4.27. The molecule has 70 valence electrons. The van der Waals surface area contributed by atoms with Crippen molar-refractivity contribution >= 4 is 5.97 Å². The van der Waals surface area contributed by atoms with Crippen molar-refractivity contribution in [2.75, 3.05) is 6.61 Å². The van der Waals surface area contributed by atoms with Gasteiger partial charge in [-0.05, 0) is 13.0 Å². The number of ether oxygens (including phenoxy) is 2. The number of rotatable bonds is 2. The van der Waals surface area contributed by atoms with Gasteiger partial charge in [0.2, 0.25) is 0 Å². The summed E-state index contributed by atoms with van der Waals surface area (Å²) >= 11 is 0. The molecule has 0 fully saturated rings. The molecule has 0 spiro atoms. The number of H-pyrrole nitrogens is 1. The van der Waals surface area contributed by atoms with E-state index in [-0.39, 0.29) is 5.97 Å². The normalized spacial score (nSPS) is 14.2. The van der Waals surface area contributed by atoms with E-state index in [0.29, 0.717) is 25.5 Å². The number of fused-ring (bicyclic) bond motifs is 1. The molecular weight excluding hydrogens is 170 g/mol. The van der Waals surface area contributed by atoms with Crippen molar-refractivity contribution in [2.24, 2.45) is 0 Å². The molecule has 0 amide bonds. The lowest BCUT2D eigenvalue weighted by Crippen LogP contribution is -2.05. The smallest absolute Gasteiger partial charge is 0.354 e. The first-order valence-corrected chi connectivity index (χ1v) is 4.27. The van der Waals surface area contributed by atoms with Crippen LogP contribution in [-0.2, 0) is 22.7 Å². The van der Waals surface area contributed by atoms with E-state index in [1.165, 1.54) is 0 Å². The molecule has 0 bridgehead atoms. The fourth-order valence-electron chi connectivity index (χ4n) is 1.38. The van der Waals surface area contributed by atoms with Crippen molar-refractivity contribution in [2.45, 2.75) is 20.1 Å². The van der Waals surface area contributed by atoms with Gasteiger partial charge in [0.05, 0.1) is 19.8 Å². The summed E-state index contributed by atoms with van der Waals surface area (Å²) in [6.45, 7) is 3.34. The van der Waals surface area contributed by atoms with Gasteiger partial charge in [0.15, 0.2) is 0 Å². The van der Waals surface area contributed by atoms with Gasteiger partial charge in [-0.3, -0.25) is 0 Å². The predicted molar refractivity (Wildman–Crippen MR) is 45.2 cm³/mol. The highest BCUT2D eigenvalue weighted by atomic mass is 16.5. The average Bonchev–Trinajstić information content (AvgIpc) is 2.61. The Balaban J connectivity index is 2.18. The summed E-state index contributed by atoms with van der Waals surface area (Å²) in [7, 11) is 0. The molecule has 0 unspecified atom stereocenters. The summed E-state index contributed by atoms with van der Waals surface area (Å²) in [5, 5.41) is 0. The highest BCUT2D eigenvalue weighted by Gasteiger charge is 2.18. The summed E-state index contributed by atoms with van der Waals surface area (Å²) in [5.74, 6) is -0.295. The number of aromatic amines is 1. The van der Waals surface area contributed by atoms with Gasteiger partial charge in [0, 0.05) is 11.3 Å². The molecule has 0 saturated heterocycles. The summed E-state index contributed by atoms with van der Waals surface area (Å²) in [4.78, 5) is 14.2. The molecule has 13 heavy (non-hydrogen) atoms. The van der Waals surface area contributed by atoms with Gasteiger partial charge in [-0.1, -0.05) is 0 Å². The number of carbonyl (C=O) groups is 1. The van der Waals surface area contributed by atoms with Crippen LogP contribution in [0, 0.1) is 0 Å². The maximum Gasteiger partial charge on any atom is 0.354 e. The molecule has 0 saturated carbocycles. The Bertz CT molecular complexity index is 308. The van der Waals surface area contributed by atoms with E-state index < -0.39 is 0 Å². The van der Waals surface area contributed by atoms with E-state index in [9.17, 15) is 4.79 Å². The Morgan fingerprint density at radius 2 is 2.54 bits per heavy atom. The van der Waals surface area contributed by atoms with Gasteiger partial charge in [-0.25, -0.2) is 4.79 Å². The van der Waals surface area contributed by atoms with Gasteiger partial charge >= 0.3 is 5.97 Å². The minimum absolute atomic E-state index is 0.295. The van der Waals surface area contributed by atoms with Crippen molar-refractivity contribution in [3.05, 3.63) is 23.0 Å². The molecule has 1 aliphatic heterocycles. The molecule has 4 heteroatoms. The number of nitrogens with one attached hydrogen (secondary N) is 1. The fraction of sp³-hybridized carbons (Fsp3) is 0.444. The molecular formula is C9H11NO3. The summed E-state index contributed by atoms with van der Waals surface area (Å²) in [6.07, 6.45) is 0. The van der Waals surface area contributed by atoms with Crippen LogP contribution >= 0.6 is 0 Å². The second kappa shape index (κ2) is 3.22. The maximum absolute atomic E-state index is 11.3. The fourth-order valence-corrected chi connectivity index (χ4v) is 1.38. The lowest BCUT2D eigenvalue weighted by molar-refractivity contribution is 0.0518. The molecule has 1 aromatic rings. The van der Waals surface area contributed by atoms with Crippen molar-refractivity contribution in [3.63, 3.8) is 0 Å². The van der Waals surface area contributed by atoms with Gasteiger partial charge in [0.1, 0.15) is 5.69 Å². The number of carbonyl (C=O) groups excluding carboxylic acids is 1. The first-order chi connectivity index (χ1) is 6.31. The Kier molecular flexibility index (Phi) is 2.06. The van der Waals surface area contributed by atoms with E-state index in [4.69, 9.17) is 9.47 Å². The SMILES string of the molecule is CCOC(=O)c1cc2c([nH]1)COC2. The van der Waals surface area contributed by atoms with Crippen molar-refractivity contribution in [1.82, 2.24) is 4.98 Å². The number of esters is 1. The summed E-state index contributed by atoms with van der Waals surface area (Å²) < 4.78 is 10.0. The van der Waals surface area contributed by atoms with Gasteiger partial charge in [0.25, 0.3) is 0 Å². The van der Waals surface area contributed by atoms with Crippen LogP contribution in [0.5, 0.6) is 0 Å². The summed E-state index contributed by atoms with van der Waals surface area (Å²) in [6, 6.07) is 1.79. The highest BCUT2D eigenvalue weighted by molar-refractivity contribution is 5.87. The average molecular weight is 181 g/mol. The molecule has 0 atom stereocenters. The highest BCUT2D eigenvalue weighted by Crippen LogP contribution is 2.20. The van der Waals surface area contributed by atoms with E-state index in [2.05, 4.69) is 4.98 Å². The monoisotopic (exact) mass is 181 g/mol. The molecule has 1 N–H and O–H groups in total. The third kappa shape index (κ3) is 1.45. The molecule has 0 aromatic carbocycles. The standard InChI is InChI=1S/C9H11NO3/c1-2-13-9(11)7-3-6-4-12-5-8(6)10-7/h3,10H,2,4-5H2,1H3. The van der Waals surface area contributed by atoms with E-state index in [1.54, 1.807) is 13.0 Å². The van der Waals surface area contributed by atoms with Crippen molar-refractivity contribution in [1.29, 1.82) is 0 Å². The van der Waals surface area contributed by atoms with Crippen LogP contribution in [0.1, 0.15) is 28.7 Å². The Morgan fingerprint density at radius 3 is 3.23 bits per heavy atom. The maximum atomic E-state index is 11.3. The van der Waals surface area contributed by atoms with Gasteiger partial charge < -0.3 is 14.5 Å². The summed E-state index contributed by atoms with van der Waals surface area (Å²) in [5.41, 5.74) is 2.57. The van der Waals surface area contributed by atoms with Gasteiger partial charge in [-0.2, -0.15) is 0 Å². The number of hydrogen-bond acceptors (Lipinski definition) is 3. The minimum Gasteiger partial charge on any atom is -0.461 e. The lowest BCUT2D eigenvalue weighted by atomic mass is 10.3. The quantitative estimate of drug-likeness (QED) is 0.698. The zero-order chi connectivity index (χ0) is 9.26. The second-order valence-electron chi connectivity index (χ2n) is 2.90. The molecule has 2 heterocycles. The van der Waals surface area contributed by atoms with Crippen LogP contribution in [0.4, 0.5) is 0 Å². The Morgan fingerprint density at radius 1 is 1.69 bits per heavy atom. The first kappa shape index (κ1) is 8.31. The Hall–Kier alpha value is -1.29. The Labute approximate surface area is 75.8 Å².